The van der Waals surface area contributed by atoms with Crippen molar-refractivity contribution in [3.63, 3.8) is 0 Å². The summed E-state index contributed by atoms with van der Waals surface area (Å²) in [5, 5.41) is 11.1. The predicted molar refractivity (Wildman–Crippen MR) is 104 cm³/mol. The number of halogens is 5. The first-order valence-corrected chi connectivity index (χ1v) is 9.20. The molecule has 0 aliphatic rings. The molecule has 0 heterocycles. The molecule has 1 unspecified atom stereocenters. The lowest BCUT2D eigenvalue weighted by Crippen LogP contribution is -2.38. The molecule has 0 bridgehead atoms. The first kappa shape index (κ1) is 23.1. The van der Waals surface area contributed by atoms with Crippen molar-refractivity contribution in [1.29, 1.82) is 0 Å². The summed E-state index contributed by atoms with van der Waals surface area (Å²) in [5.74, 6) is -1.06. The largest absolute Gasteiger partial charge is 0.431 e. The molecule has 1 atom stereocenters. The number of hydrogen-bond acceptors (Lipinski definition) is 4. The van der Waals surface area contributed by atoms with Gasteiger partial charge in [-0.1, -0.05) is 24.6 Å². The highest BCUT2D eigenvalue weighted by Gasteiger charge is 2.26. The summed E-state index contributed by atoms with van der Waals surface area (Å²) in [7, 11) is 0. The Morgan fingerprint density at radius 3 is 2.28 bits per heavy atom. The Kier molecular flexibility index (Phi) is 7.60. The molecule has 9 heteroatoms. The van der Waals surface area contributed by atoms with Crippen LogP contribution in [0.1, 0.15) is 25.8 Å². The van der Waals surface area contributed by atoms with Gasteiger partial charge in [-0.3, -0.25) is 0 Å². The Labute approximate surface area is 171 Å². The highest BCUT2D eigenvalue weighted by atomic mass is 35.5. The lowest BCUT2D eigenvalue weighted by molar-refractivity contribution is -0.0692. The lowest BCUT2D eigenvalue weighted by Gasteiger charge is -2.34. The van der Waals surface area contributed by atoms with Crippen LogP contribution >= 0.6 is 11.6 Å². The van der Waals surface area contributed by atoms with Crippen LogP contribution in [0.2, 0.25) is 5.02 Å². The van der Waals surface area contributed by atoms with Gasteiger partial charge in [-0.15, -0.1) is 0 Å². The van der Waals surface area contributed by atoms with Crippen LogP contribution in [-0.4, -0.2) is 30.5 Å². The second kappa shape index (κ2) is 9.54. The number of ether oxygens (including phenoxy) is 2. The molecule has 0 aromatic heterocycles. The van der Waals surface area contributed by atoms with Crippen LogP contribution in [0, 0.1) is 6.92 Å². The van der Waals surface area contributed by atoms with Gasteiger partial charge in [-0.2, -0.15) is 17.6 Å². The van der Waals surface area contributed by atoms with Crippen molar-refractivity contribution in [3.8, 4) is 11.5 Å². The zero-order valence-electron chi connectivity index (χ0n) is 16.1. The fraction of sp³-hybridized carbons (Fsp3) is 0.400. The van der Waals surface area contributed by atoms with E-state index in [2.05, 4.69) is 9.47 Å². The van der Waals surface area contributed by atoms with E-state index in [1.807, 2.05) is 0 Å². The zero-order chi connectivity index (χ0) is 21.8. The summed E-state index contributed by atoms with van der Waals surface area (Å²) >= 11 is 6.22. The topological polar surface area (TPSA) is 41.9 Å². The summed E-state index contributed by atoms with van der Waals surface area (Å²) in [6, 6.07) is 8.86. The van der Waals surface area contributed by atoms with Gasteiger partial charge in [0, 0.05) is 22.5 Å². The van der Waals surface area contributed by atoms with Crippen molar-refractivity contribution in [2.24, 2.45) is 0 Å². The fourth-order valence-electron chi connectivity index (χ4n) is 2.70. The number of anilines is 2. The minimum Gasteiger partial charge on any atom is -0.431 e. The van der Waals surface area contributed by atoms with Gasteiger partial charge in [0.05, 0.1) is 12.1 Å². The van der Waals surface area contributed by atoms with Gasteiger partial charge in [-0.25, -0.2) is 0 Å². The van der Waals surface area contributed by atoms with Gasteiger partial charge in [0.15, 0.2) is 11.5 Å². The molecule has 0 aliphatic heterocycles. The van der Waals surface area contributed by atoms with E-state index in [9.17, 15) is 22.7 Å². The smallest absolute Gasteiger partial charge is 0.387 e. The Bertz CT molecular complexity index is 833. The standard InChI is InChI=1S/C20H22ClF4NO3/c1-4-20(3,27)11-26(15-7-5-6-14(21)12(15)2)13-8-9-16(28-18(22)23)17(10-13)29-19(24)25/h5-10,18-19,27H,4,11H2,1-3H3. The third-order valence-corrected chi connectivity index (χ3v) is 4.87. The Balaban J connectivity index is 2.58. The maximum atomic E-state index is 12.8. The molecular formula is C20H22ClF4NO3. The van der Waals surface area contributed by atoms with Gasteiger partial charge in [0.25, 0.3) is 0 Å². The number of aliphatic hydroxyl groups is 1. The summed E-state index contributed by atoms with van der Waals surface area (Å²) in [6.07, 6.45) is 0.413. The van der Waals surface area contributed by atoms with E-state index >= 15 is 0 Å². The molecule has 2 aromatic rings. The highest BCUT2D eigenvalue weighted by Crippen LogP contribution is 2.39. The van der Waals surface area contributed by atoms with Gasteiger partial charge in [-0.05, 0) is 50.1 Å². The number of benzene rings is 2. The van der Waals surface area contributed by atoms with E-state index < -0.39 is 30.3 Å². The number of alkyl halides is 4. The van der Waals surface area contributed by atoms with Crippen LogP contribution in [0.5, 0.6) is 11.5 Å². The second-order valence-corrected chi connectivity index (χ2v) is 7.12. The summed E-state index contributed by atoms with van der Waals surface area (Å²) < 4.78 is 59.5. The van der Waals surface area contributed by atoms with Gasteiger partial charge < -0.3 is 19.5 Å². The molecule has 160 valence electrons. The number of rotatable bonds is 9. The average molecular weight is 436 g/mol. The second-order valence-electron chi connectivity index (χ2n) is 6.71. The Hall–Kier alpha value is -2.19. The van der Waals surface area contributed by atoms with Crippen molar-refractivity contribution < 1.29 is 32.1 Å². The highest BCUT2D eigenvalue weighted by molar-refractivity contribution is 6.31. The normalized spacial score (nSPS) is 13.5. The van der Waals surface area contributed by atoms with E-state index in [4.69, 9.17) is 11.6 Å². The summed E-state index contributed by atoms with van der Waals surface area (Å²) in [5.41, 5.74) is 0.528. The maximum absolute atomic E-state index is 12.8. The predicted octanol–water partition coefficient (Wildman–Crippen LogP) is 6.15. The van der Waals surface area contributed by atoms with E-state index in [0.717, 1.165) is 12.1 Å². The molecule has 29 heavy (non-hydrogen) atoms. The van der Waals surface area contributed by atoms with Gasteiger partial charge >= 0.3 is 13.2 Å². The molecule has 2 rings (SSSR count). The molecule has 0 fully saturated rings. The first-order valence-electron chi connectivity index (χ1n) is 8.82. The molecule has 0 saturated heterocycles. The van der Waals surface area contributed by atoms with Crippen molar-refractivity contribution >= 4 is 23.0 Å². The Morgan fingerprint density at radius 2 is 1.69 bits per heavy atom. The molecule has 0 amide bonds. The molecule has 1 N–H and O–H groups in total. The quantitative estimate of drug-likeness (QED) is 0.480. The Morgan fingerprint density at radius 1 is 1.07 bits per heavy atom. The van der Waals surface area contributed by atoms with Crippen LogP contribution in [0.25, 0.3) is 0 Å². The van der Waals surface area contributed by atoms with Gasteiger partial charge in [0.2, 0.25) is 0 Å². The van der Waals surface area contributed by atoms with Crippen LogP contribution in [0.4, 0.5) is 28.9 Å². The fourth-order valence-corrected chi connectivity index (χ4v) is 2.87. The van der Waals surface area contributed by atoms with Crippen molar-refractivity contribution in [2.75, 3.05) is 11.4 Å². The minimum absolute atomic E-state index is 0.0911. The van der Waals surface area contributed by atoms with Crippen LogP contribution in [0.3, 0.4) is 0 Å². The van der Waals surface area contributed by atoms with Crippen molar-refractivity contribution in [1.82, 2.24) is 0 Å². The van der Waals surface area contributed by atoms with E-state index in [-0.39, 0.29) is 6.54 Å². The molecule has 2 aromatic carbocycles. The minimum atomic E-state index is -3.23. The molecule has 0 spiro atoms. The summed E-state index contributed by atoms with van der Waals surface area (Å²) in [4.78, 5) is 1.66. The third-order valence-electron chi connectivity index (χ3n) is 4.46. The van der Waals surface area contributed by atoms with E-state index in [1.165, 1.54) is 6.07 Å². The monoisotopic (exact) mass is 435 g/mol. The van der Waals surface area contributed by atoms with Crippen molar-refractivity contribution in [2.45, 2.75) is 46.0 Å². The SMILES string of the molecule is CCC(C)(O)CN(c1ccc(OC(F)F)c(OC(F)F)c1)c1cccc(Cl)c1C. The van der Waals surface area contributed by atoms with Crippen molar-refractivity contribution in [3.05, 3.63) is 47.0 Å². The van der Waals surface area contributed by atoms with E-state index in [1.54, 1.807) is 43.9 Å². The first-order chi connectivity index (χ1) is 13.5. The third kappa shape index (κ3) is 6.14. The average Bonchev–Trinajstić information content (AvgIpc) is 2.63. The van der Waals surface area contributed by atoms with Crippen LogP contribution < -0.4 is 14.4 Å². The lowest BCUT2D eigenvalue weighted by atomic mass is 10.0. The number of nitrogens with zero attached hydrogens (tertiary/aromatic N) is 1. The molecule has 0 aliphatic carbocycles. The zero-order valence-corrected chi connectivity index (χ0v) is 16.9. The maximum Gasteiger partial charge on any atom is 0.387 e. The molecular weight excluding hydrogens is 414 g/mol. The molecule has 0 saturated carbocycles. The molecule has 4 nitrogen and oxygen atoms in total. The van der Waals surface area contributed by atoms with Crippen LogP contribution in [0.15, 0.2) is 36.4 Å². The summed E-state index contributed by atoms with van der Waals surface area (Å²) in [6.45, 7) is -1.14. The van der Waals surface area contributed by atoms with Crippen LogP contribution in [-0.2, 0) is 0 Å². The van der Waals surface area contributed by atoms with Gasteiger partial charge in [0.1, 0.15) is 0 Å². The molecule has 0 radical (unpaired) electrons. The van der Waals surface area contributed by atoms with E-state index in [0.29, 0.717) is 28.4 Å². The number of hydrogen-bond donors (Lipinski definition) is 1.